The van der Waals surface area contributed by atoms with Gasteiger partial charge in [0.25, 0.3) is 0 Å². The summed E-state index contributed by atoms with van der Waals surface area (Å²) in [6, 6.07) is 0.196. The van der Waals surface area contributed by atoms with E-state index >= 15 is 0 Å². The van der Waals surface area contributed by atoms with Gasteiger partial charge in [0.15, 0.2) is 0 Å². The molecular formula is C11H20N2O2. The fourth-order valence-corrected chi connectivity index (χ4v) is 1.71. The molecule has 0 spiro atoms. The number of hydrogen-bond donors (Lipinski definition) is 2. The van der Waals surface area contributed by atoms with Gasteiger partial charge < -0.3 is 15.3 Å². The third-order valence-electron chi connectivity index (χ3n) is 2.64. The number of likely N-dealkylation sites (N-methyl/N-ethyl adjacent to an activating group) is 1. The molecule has 1 aliphatic rings. The Morgan fingerprint density at radius 1 is 1.60 bits per heavy atom. The molecule has 0 radical (unpaired) electrons. The molecule has 1 atom stereocenters. The van der Waals surface area contributed by atoms with Crippen LogP contribution in [-0.2, 0) is 0 Å². The summed E-state index contributed by atoms with van der Waals surface area (Å²) in [5, 5.41) is 11.8. The van der Waals surface area contributed by atoms with Crippen LogP contribution in [0.5, 0.6) is 0 Å². The minimum absolute atomic E-state index is 0.0197. The molecule has 2 amide bonds. The average molecular weight is 212 g/mol. The molecule has 1 aliphatic carbocycles. The normalized spacial score (nSPS) is 20.0. The first-order chi connectivity index (χ1) is 7.27. The predicted molar refractivity (Wildman–Crippen MR) is 59.6 cm³/mol. The Morgan fingerprint density at radius 3 is 2.93 bits per heavy atom. The number of aliphatic hydroxyl groups is 1. The Bertz CT molecular complexity index is 229. The van der Waals surface area contributed by atoms with E-state index in [1.54, 1.807) is 4.90 Å². The maximum atomic E-state index is 11.7. The summed E-state index contributed by atoms with van der Waals surface area (Å²) in [6.07, 6.45) is 7.23. The number of urea groups is 1. The van der Waals surface area contributed by atoms with Gasteiger partial charge in [0.05, 0.1) is 6.61 Å². The smallest absolute Gasteiger partial charge is 0.317 e. The molecule has 0 aromatic carbocycles. The third kappa shape index (κ3) is 3.91. The van der Waals surface area contributed by atoms with Crippen molar-refractivity contribution in [2.75, 3.05) is 19.7 Å². The van der Waals surface area contributed by atoms with Crippen LogP contribution in [0.3, 0.4) is 0 Å². The first-order valence-corrected chi connectivity index (χ1v) is 5.59. The van der Waals surface area contributed by atoms with Gasteiger partial charge in [-0.1, -0.05) is 12.2 Å². The number of rotatable bonds is 4. The lowest BCUT2D eigenvalue weighted by atomic mass is 10.0. The molecule has 1 rings (SSSR count). The molecule has 4 heteroatoms. The lowest BCUT2D eigenvalue weighted by Crippen LogP contribution is -2.46. The highest BCUT2D eigenvalue weighted by Gasteiger charge is 2.16. The first kappa shape index (κ1) is 12.0. The Hall–Kier alpha value is -1.03. The zero-order valence-electron chi connectivity index (χ0n) is 9.28. The fraction of sp³-hybridized carbons (Fsp3) is 0.727. The second kappa shape index (κ2) is 6.45. The van der Waals surface area contributed by atoms with Gasteiger partial charge in [-0.3, -0.25) is 0 Å². The summed E-state index contributed by atoms with van der Waals surface area (Å²) in [5.74, 6) is 0. The van der Waals surface area contributed by atoms with Crippen molar-refractivity contribution in [1.29, 1.82) is 0 Å². The molecule has 0 aliphatic heterocycles. The van der Waals surface area contributed by atoms with Crippen molar-refractivity contribution in [3.8, 4) is 0 Å². The van der Waals surface area contributed by atoms with Crippen LogP contribution >= 0.6 is 0 Å². The quantitative estimate of drug-likeness (QED) is 0.686. The van der Waals surface area contributed by atoms with E-state index in [1.807, 2.05) is 6.92 Å². The number of aliphatic hydroxyl groups excluding tert-OH is 1. The molecule has 0 aromatic heterocycles. The van der Waals surface area contributed by atoms with Crippen LogP contribution in [0.1, 0.15) is 26.2 Å². The number of carbonyl (C=O) groups is 1. The highest BCUT2D eigenvalue weighted by molar-refractivity contribution is 5.74. The van der Waals surface area contributed by atoms with Crippen LogP contribution in [0.15, 0.2) is 12.2 Å². The topological polar surface area (TPSA) is 52.6 Å². The molecule has 2 N–H and O–H groups in total. The highest BCUT2D eigenvalue weighted by atomic mass is 16.3. The van der Waals surface area contributed by atoms with E-state index in [9.17, 15) is 4.79 Å². The number of nitrogens with zero attached hydrogens (tertiary/aromatic N) is 1. The lowest BCUT2D eigenvalue weighted by molar-refractivity contribution is 0.176. The molecule has 0 fully saturated rings. The molecule has 0 aromatic rings. The Morgan fingerprint density at radius 2 is 2.40 bits per heavy atom. The first-order valence-electron chi connectivity index (χ1n) is 5.59. The number of amides is 2. The monoisotopic (exact) mass is 212 g/mol. The molecule has 1 unspecified atom stereocenters. The van der Waals surface area contributed by atoms with Crippen molar-refractivity contribution in [3.05, 3.63) is 12.2 Å². The SMILES string of the molecule is CCN(CCO)C(=O)NC1CC=CCC1. The van der Waals surface area contributed by atoms with Crippen LogP contribution in [0, 0.1) is 0 Å². The molecule has 15 heavy (non-hydrogen) atoms. The second-order valence-corrected chi connectivity index (χ2v) is 3.73. The fourth-order valence-electron chi connectivity index (χ4n) is 1.71. The van der Waals surface area contributed by atoms with Gasteiger partial charge in [0.1, 0.15) is 0 Å². The minimum atomic E-state index is -0.0631. The molecular weight excluding hydrogens is 192 g/mol. The van der Waals surface area contributed by atoms with E-state index in [-0.39, 0.29) is 18.7 Å². The Kier molecular flexibility index (Phi) is 5.18. The van der Waals surface area contributed by atoms with Gasteiger partial charge in [-0.15, -0.1) is 0 Å². The summed E-state index contributed by atoms with van der Waals surface area (Å²) < 4.78 is 0. The Balaban J connectivity index is 2.35. The molecule has 0 heterocycles. The van der Waals surface area contributed by atoms with Gasteiger partial charge in [0, 0.05) is 19.1 Å². The zero-order valence-corrected chi connectivity index (χ0v) is 9.28. The van der Waals surface area contributed by atoms with Crippen molar-refractivity contribution in [3.63, 3.8) is 0 Å². The van der Waals surface area contributed by atoms with Gasteiger partial charge in [0.2, 0.25) is 0 Å². The molecule has 0 saturated carbocycles. The lowest BCUT2D eigenvalue weighted by Gasteiger charge is -2.25. The van der Waals surface area contributed by atoms with Crippen molar-refractivity contribution < 1.29 is 9.90 Å². The minimum Gasteiger partial charge on any atom is -0.395 e. The summed E-state index contributed by atoms with van der Waals surface area (Å²) in [6.45, 7) is 2.97. The Labute approximate surface area is 91.0 Å². The standard InChI is InChI=1S/C11H20N2O2/c1-2-13(8-9-14)11(15)12-10-6-4-3-5-7-10/h3-4,10,14H,2,5-9H2,1H3,(H,12,15). The second-order valence-electron chi connectivity index (χ2n) is 3.73. The zero-order chi connectivity index (χ0) is 11.1. The van der Waals surface area contributed by atoms with E-state index in [4.69, 9.17) is 5.11 Å². The van der Waals surface area contributed by atoms with E-state index in [0.717, 1.165) is 19.3 Å². The van der Waals surface area contributed by atoms with Crippen LogP contribution in [0.2, 0.25) is 0 Å². The van der Waals surface area contributed by atoms with Gasteiger partial charge in [-0.05, 0) is 26.2 Å². The summed E-state index contributed by atoms with van der Waals surface area (Å²) in [5.41, 5.74) is 0. The van der Waals surface area contributed by atoms with Crippen LogP contribution in [0.25, 0.3) is 0 Å². The van der Waals surface area contributed by atoms with Gasteiger partial charge in [-0.2, -0.15) is 0 Å². The van der Waals surface area contributed by atoms with Crippen molar-refractivity contribution in [2.45, 2.75) is 32.2 Å². The molecule has 4 nitrogen and oxygen atoms in total. The van der Waals surface area contributed by atoms with Crippen molar-refractivity contribution in [2.24, 2.45) is 0 Å². The maximum Gasteiger partial charge on any atom is 0.317 e. The largest absolute Gasteiger partial charge is 0.395 e. The molecule has 86 valence electrons. The number of nitrogens with one attached hydrogen (secondary N) is 1. The number of allylic oxidation sites excluding steroid dienone is 1. The number of hydrogen-bond acceptors (Lipinski definition) is 2. The average Bonchev–Trinajstić information content (AvgIpc) is 2.27. The van der Waals surface area contributed by atoms with Crippen LogP contribution < -0.4 is 5.32 Å². The maximum absolute atomic E-state index is 11.7. The molecule has 0 bridgehead atoms. The van der Waals surface area contributed by atoms with E-state index in [2.05, 4.69) is 17.5 Å². The number of carbonyl (C=O) groups excluding carboxylic acids is 1. The molecule has 0 saturated heterocycles. The summed E-state index contributed by atoms with van der Waals surface area (Å²) >= 11 is 0. The van der Waals surface area contributed by atoms with E-state index in [1.165, 1.54) is 0 Å². The predicted octanol–water partition coefficient (Wildman–Crippen LogP) is 1.12. The van der Waals surface area contributed by atoms with Gasteiger partial charge in [-0.25, -0.2) is 4.79 Å². The van der Waals surface area contributed by atoms with Crippen LogP contribution in [-0.4, -0.2) is 41.8 Å². The third-order valence-corrected chi connectivity index (χ3v) is 2.64. The van der Waals surface area contributed by atoms with Crippen molar-refractivity contribution in [1.82, 2.24) is 10.2 Å². The summed E-state index contributed by atoms with van der Waals surface area (Å²) in [4.78, 5) is 13.3. The summed E-state index contributed by atoms with van der Waals surface area (Å²) in [7, 11) is 0. The van der Waals surface area contributed by atoms with E-state index < -0.39 is 0 Å². The van der Waals surface area contributed by atoms with E-state index in [0.29, 0.717) is 13.1 Å². The van der Waals surface area contributed by atoms with Crippen molar-refractivity contribution >= 4 is 6.03 Å². The highest BCUT2D eigenvalue weighted by Crippen LogP contribution is 2.10. The van der Waals surface area contributed by atoms with Gasteiger partial charge >= 0.3 is 6.03 Å². The van der Waals surface area contributed by atoms with Crippen LogP contribution in [0.4, 0.5) is 4.79 Å².